The zero-order valence-electron chi connectivity index (χ0n) is 10.3. The minimum atomic E-state index is -4.46. The van der Waals surface area contributed by atoms with E-state index in [0.29, 0.717) is 0 Å². The fourth-order valence-electron chi connectivity index (χ4n) is 1.56. The van der Waals surface area contributed by atoms with Crippen molar-refractivity contribution >= 4 is 23.7 Å². The van der Waals surface area contributed by atoms with Crippen LogP contribution >= 0.6 is 0 Å². The van der Waals surface area contributed by atoms with Crippen molar-refractivity contribution in [2.75, 3.05) is 11.9 Å². The van der Waals surface area contributed by atoms with Crippen LogP contribution in [0, 0.1) is 0 Å². The molecule has 1 aromatic rings. The van der Waals surface area contributed by atoms with Crippen LogP contribution in [-0.2, 0) is 11.0 Å². The van der Waals surface area contributed by atoms with Crippen LogP contribution < -0.4 is 16.1 Å². The van der Waals surface area contributed by atoms with Gasteiger partial charge in [0, 0.05) is 5.69 Å². The van der Waals surface area contributed by atoms with Crippen molar-refractivity contribution in [1.82, 2.24) is 15.8 Å². The monoisotopic (exact) mass is 302 g/mol. The van der Waals surface area contributed by atoms with Gasteiger partial charge in [0.1, 0.15) is 6.54 Å². The number of alkyl halides is 3. The molecule has 0 aromatic heterocycles. The molecule has 0 aliphatic carbocycles. The molecule has 0 unspecified atom stereocenters. The third-order valence-electron chi connectivity index (χ3n) is 2.50. The topological polar surface area (TPSA) is 90.5 Å². The molecule has 10 heteroatoms. The second-order valence-corrected chi connectivity index (χ2v) is 4.08. The molecule has 7 nitrogen and oxygen atoms in total. The Hall–Kier alpha value is -2.78. The molecule has 1 saturated heterocycles. The highest BCUT2D eigenvalue weighted by atomic mass is 19.4. The Balaban J connectivity index is 1.94. The highest BCUT2D eigenvalue weighted by Gasteiger charge is 2.30. The maximum atomic E-state index is 12.3. The number of anilines is 1. The number of rotatable bonds is 2. The quantitative estimate of drug-likeness (QED) is 0.719. The summed E-state index contributed by atoms with van der Waals surface area (Å²) in [5.41, 5.74) is 1.33. The number of carbonyl (C=O) groups excluding carboxylic acids is 3. The SMILES string of the molecule is O=C1CN(NC(=O)Nc2ccc(C(F)(F)F)cc2)C(=O)N1. The summed E-state index contributed by atoms with van der Waals surface area (Å²) in [6.45, 7) is -0.334. The van der Waals surface area contributed by atoms with Crippen LogP contribution in [0.1, 0.15) is 5.56 Å². The number of benzene rings is 1. The summed E-state index contributed by atoms with van der Waals surface area (Å²) in [4.78, 5) is 33.6. The smallest absolute Gasteiger partial charge is 0.307 e. The number of imide groups is 1. The number of carbonyl (C=O) groups is 3. The molecular formula is C11H9F3N4O3. The molecule has 0 saturated carbocycles. The van der Waals surface area contributed by atoms with Gasteiger partial charge in [-0.25, -0.2) is 20.0 Å². The van der Waals surface area contributed by atoms with Crippen LogP contribution in [0.4, 0.5) is 28.4 Å². The Kier molecular flexibility index (Phi) is 3.70. The standard InChI is InChI=1S/C11H9F3N4O3/c12-11(13,14)6-1-3-7(4-2-6)15-9(20)17-18-5-8(19)16-10(18)21/h1-4H,5H2,(H2,15,17,20)(H,16,19,21). The predicted octanol–water partition coefficient (Wildman–Crippen LogP) is 1.29. The van der Waals surface area contributed by atoms with Crippen LogP contribution in [0.5, 0.6) is 0 Å². The van der Waals surface area contributed by atoms with Gasteiger partial charge in [-0.15, -0.1) is 0 Å². The van der Waals surface area contributed by atoms with Crippen molar-refractivity contribution in [1.29, 1.82) is 0 Å². The van der Waals surface area contributed by atoms with E-state index in [9.17, 15) is 27.6 Å². The third kappa shape index (κ3) is 3.61. The minimum absolute atomic E-state index is 0.103. The van der Waals surface area contributed by atoms with Gasteiger partial charge in [0.25, 0.3) is 0 Å². The second-order valence-electron chi connectivity index (χ2n) is 4.08. The molecule has 21 heavy (non-hydrogen) atoms. The van der Waals surface area contributed by atoms with Crippen LogP contribution in [0.15, 0.2) is 24.3 Å². The summed E-state index contributed by atoms with van der Waals surface area (Å²) in [6, 6.07) is 2.10. The zero-order chi connectivity index (χ0) is 15.6. The zero-order valence-corrected chi connectivity index (χ0v) is 10.3. The second kappa shape index (κ2) is 5.31. The van der Waals surface area contributed by atoms with Gasteiger partial charge in [0.05, 0.1) is 5.56 Å². The fourth-order valence-corrected chi connectivity index (χ4v) is 1.56. The number of hydrazine groups is 1. The van der Waals surface area contributed by atoms with Crippen molar-refractivity contribution in [3.8, 4) is 0 Å². The summed E-state index contributed by atoms with van der Waals surface area (Å²) < 4.78 is 37.0. The average molecular weight is 302 g/mol. The van der Waals surface area contributed by atoms with Gasteiger partial charge in [-0.05, 0) is 24.3 Å². The minimum Gasteiger partial charge on any atom is -0.307 e. The number of nitrogens with zero attached hydrogens (tertiary/aromatic N) is 1. The summed E-state index contributed by atoms with van der Waals surface area (Å²) in [6.07, 6.45) is -4.46. The Morgan fingerprint density at radius 1 is 1.19 bits per heavy atom. The van der Waals surface area contributed by atoms with E-state index in [2.05, 4.69) is 10.7 Å². The molecule has 0 spiro atoms. The lowest BCUT2D eigenvalue weighted by atomic mass is 10.2. The first-order valence-electron chi connectivity index (χ1n) is 5.62. The summed E-state index contributed by atoms with van der Waals surface area (Å²) >= 11 is 0. The summed E-state index contributed by atoms with van der Waals surface area (Å²) in [5.74, 6) is -0.574. The Bertz CT molecular complexity index is 585. The lowest BCUT2D eigenvalue weighted by Gasteiger charge is -2.15. The van der Waals surface area contributed by atoms with Crippen LogP contribution in [0.25, 0.3) is 0 Å². The number of hydrogen-bond acceptors (Lipinski definition) is 3. The maximum absolute atomic E-state index is 12.3. The molecular weight excluding hydrogens is 293 g/mol. The first-order chi connectivity index (χ1) is 9.75. The average Bonchev–Trinajstić information content (AvgIpc) is 2.67. The number of hydrogen-bond donors (Lipinski definition) is 3. The van der Waals surface area contributed by atoms with E-state index >= 15 is 0 Å². The molecule has 2 rings (SSSR count). The molecule has 112 valence electrons. The Labute approximate surface area is 116 Å². The van der Waals surface area contributed by atoms with Crippen molar-refractivity contribution in [3.05, 3.63) is 29.8 Å². The molecule has 1 fully saturated rings. The molecule has 0 radical (unpaired) electrons. The predicted molar refractivity (Wildman–Crippen MR) is 63.8 cm³/mol. The lowest BCUT2D eigenvalue weighted by Crippen LogP contribution is -2.46. The number of amides is 5. The maximum Gasteiger partial charge on any atom is 0.416 e. The number of urea groups is 2. The number of halogens is 3. The highest BCUT2D eigenvalue weighted by molar-refractivity contribution is 6.03. The first-order valence-corrected chi connectivity index (χ1v) is 5.62. The van der Waals surface area contributed by atoms with Crippen molar-refractivity contribution < 1.29 is 27.6 Å². The van der Waals surface area contributed by atoms with Crippen molar-refractivity contribution in [2.24, 2.45) is 0 Å². The van der Waals surface area contributed by atoms with Crippen LogP contribution in [0.3, 0.4) is 0 Å². The molecule has 1 aliphatic rings. The molecule has 0 atom stereocenters. The van der Waals surface area contributed by atoms with Gasteiger partial charge in [-0.2, -0.15) is 13.2 Å². The summed E-state index contributed by atoms with van der Waals surface area (Å²) in [7, 11) is 0. The van der Waals surface area contributed by atoms with Gasteiger partial charge in [-0.1, -0.05) is 0 Å². The van der Waals surface area contributed by atoms with E-state index in [1.54, 1.807) is 0 Å². The molecule has 5 amide bonds. The Morgan fingerprint density at radius 3 is 2.29 bits per heavy atom. The van der Waals surface area contributed by atoms with Gasteiger partial charge >= 0.3 is 18.2 Å². The number of nitrogens with one attached hydrogen (secondary N) is 3. The molecule has 1 aromatic carbocycles. The van der Waals surface area contributed by atoms with E-state index in [-0.39, 0.29) is 12.2 Å². The molecule has 3 N–H and O–H groups in total. The first kappa shape index (κ1) is 14.6. The van der Waals surface area contributed by atoms with E-state index in [1.165, 1.54) is 0 Å². The highest BCUT2D eigenvalue weighted by Crippen LogP contribution is 2.29. The van der Waals surface area contributed by atoms with Gasteiger partial charge < -0.3 is 5.32 Å². The van der Waals surface area contributed by atoms with Gasteiger partial charge in [0.2, 0.25) is 5.91 Å². The fraction of sp³-hybridized carbons (Fsp3) is 0.182. The van der Waals surface area contributed by atoms with Crippen LogP contribution in [0.2, 0.25) is 0 Å². The van der Waals surface area contributed by atoms with Crippen LogP contribution in [-0.4, -0.2) is 29.5 Å². The van der Waals surface area contributed by atoms with Crippen molar-refractivity contribution in [3.63, 3.8) is 0 Å². The van der Waals surface area contributed by atoms with E-state index in [0.717, 1.165) is 29.3 Å². The molecule has 1 aliphatic heterocycles. The molecule has 0 bridgehead atoms. The van der Waals surface area contributed by atoms with E-state index < -0.39 is 29.7 Å². The van der Waals surface area contributed by atoms with Crippen molar-refractivity contribution in [2.45, 2.75) is 6.18 Å². The van der Waals surface area contributed by atoms with Gasteiger partial charge in [0.15, 0.2) is 0 Å². The normalized spacial score (nSPS) is 14.9. The van der Waals surface area contributed by atoms with Gasteiger partial charge in [-0.3, -0.25) is 10.1 Å². The van der Waals surface area contributed by atoms with E-state index in [4.69, 9.17) is 0 Å². The third-order valence-corrected chi connectivity index (χ3v) is 2.50. The molecule has 1 heterocycles. The Morgan fingerprint density at radius 2 is 1.81 bits per heavy atom. The largest absolute Gasteiger partial charge is 0.416 e. The summed E-state index contributed by atoms with van der Waals surface area (Å²) in [5, 5.41) is 4.91. The van der Waals surface area contributed by atoms with E-state index in [1.807, 2.05) is 5.32 Å². The lowest BCUT2D eigenvalue weighted by molar-refractivity contribution is -0.137.